The largest absolute Gasteiger partial charge is 0.376 e. The minimum atomic E-state index is -3.62. The third kappa shape index (κ3) is 5.46. The van der Waals surface area contributed by atoms with Gasteiger partial charge in [-0.05, 0) is 31.0 Å². The second-order valence-electron chi connectivity index (χ2n) is 6.85. The Morgan fingerprint density at radius 1 is 1.41 bits per heavy atom. The highest BCUT2D eigenvalue weighted by atomic mass is 32.2. The standard InChI is InChI=1S/C18H24N2O5S2/c1-12-9-18(22)20-15-10-14(4-5-16(15)26-12)27(23,24)8-6-17(21)19-11-13-3-2-7-25-13/h4-5,10,12-13H,2-3,6-9,11H2,1H3,(H,19,21)(H,20,22)/t12-,13+/m0/s1. The Bertz CT molecular complexity index is 819. The summed E-state index contributed by atoms with van der Waals surface area (Å²) >= 11 is 1.54. The lowest BCUT2D eigenvalue weighted by molar-refractivity contribution is -0.121. The van der Waals surface area contributed by atoms with E-state index < -0.39 is 9.84 Å². The molecule has 0 radical (unpaired) electrons. The Labute approximate surface area is 163 Å². The van der Waals surface area contributed by atoms with Gasteiger partial charge in [-0.2, -0.15) is 0 Å². The summed E-state index contributed by atoms with van der Waals surface area (Å²) in [5.74, 6) is -0.709. The summed E-state index contributed by atoms with van der Waals surface area (Å²) in [7, 11) is -3.62. The van der Waals surface area contributed by atoms with E-state index in [2.05, 4.69) is 10.6 Å². The molecule has 3 rings (SSSR count). The Morgan fingerprint density at radius 2 is 2.22 bits per heavy atom. The van der Waals surface area contributed by atoms with E-state index in [1.54, 1.807) is 6.07 Å². The van der Waals surface area contributed by atoms with Gasteiger partial charge in [0.05, 0.1) is 22.4 Å². The van der Waals surface area contributed by atoms with Gasteiger partial charge < -0.3 is 15.4 Å². The van der Waals surface area contributed by atoms with E-state index in [4.69, 9.17) is 4.74 Å². The van der Waals surface area contributed by atoms with Crippen molar-refractivity contribution in [1.29, 1.82) is 0 Å². The molecule has 0 saturated carbocycles. The number of hydrogen-bond acceptors (Lipinski definition) is 6. The third-order valence-corrected chi connectivity index (χ3v) is 7.43. The zero-order valence-electron chi connectivity index (χ0n) is 15.2. The fourth-order valence-electron chi connectivity index (χ4n) is 3.09. The first kappa shape index (κ1) is 20.2. The lowest BCUT2D eigenvalue weighted by Crippen LogP contribution is -2.32. The zero-order valence-corrected chi connectivity index (χ0v) is 16.8. The lowest BCUT2D eigenvalue weighted by atomic mass is 10.2. The molecule has 0 unspecified atom stereocenters. The molecule has 2 N–H and O–H groups in total. The summed E-state index contributed by atoms with van der Waals surface area (Å²) in [5.41, 5.74) is 0.512. The van der Waals surface area contributed by atoms with Crippen LogP contribution in [0.4, 0.5) is 5.69 Å². The van der Waals surface area contributed by atoms with Crippen molar-refractivity contribution < 1.29 is 22.7 Å². The van der Waals surface area contributed by atoms with Crippen LogP contribution in [-0.2, 0) is 24.2 Å². The third-order valence-electron chi connectivity index (χ3n) is 4.53. The van der Waals surface area contributed by atoms with Gasteiger partial charge in [-0.25, -0.2) is 8.42 Å². The first-order valence-electron chi connectivity index (χ1n) is 9.05. The van der Waals surface area contributed by atoms with Crippen LogP contribution in [0.3, 0.4) is 0 Å². The van der Waals surface area contributed by atoms with E-state index in [9.17, 15) is 18.0 Å². The maximum atomic E-state index is 12.6. The van der Waals surface area contributed by atoms with Crippen molar-refractivity contribution in [1.82, 2.24) is 5.32 Å². The molecule has 2 aliphatic heterocycles. The minimum absolute atomic E-state index is 0.0265. The van der Waals surface area contributed by atoms with Crippen LogP contribution < -0.4 is 10.6 Å². The number of ether oxygens (including phenoxy) is 1. The molecule has 2 aliphatic rings. The highest BCUT2D eigenvalue weighted by Gasteiger charge is 2.23. The van der Waals surface area contributed by atoms with E-state index >= 15 is 0 Å². The summed E-state index contributed by atoms with van der Waals surface area (Å²) in [6.07, 6.45) is 2.20. The molecule has 2 heterocycles. The first-order chi connectivity index (χ1) is 12.8. The highest BCUT2D eigenvalue weighted by molar-refractivity contribution is 8.00. The molecule has 2 amide bonds. The van der Waals surface area contributed by atoms with Crippen LogP contribution in [0.5, 0.6) is 0 Å². The number of carbonyl (C=O) groups excluding carboxylic acids is 2. The molecule has 7 nitrogen and oxygen atoms in total. The highest BCUT2D eigenvalue weighted by Crippen LogP contribution is 2.36. The maximum Gasteiger partial charge on any atom is 0.225 e. The van der Waals surface area contributed by atoms with Gasteiger partial charge in [0.1, 0.15) is 0 Å². The van der Waals surface area contributed by atoms with Gasteiger partial charge in [-0.3, -0.25) is 9.59 Å². The van der Waals surface area contributed by atoms with Gasteiger partial charge in [0.15, 0.2) is 9.84 Å². The van der Waals surface area contributed by atoms with Gasteiger partial charge in [0, 0.05) is 36.1 Å². The second kappa shape index (κ2) is 8.62. The molecule has 1 fully saturated rings. The van der Waals surface area contributed by atoms with Crippen molar-refractivity contribution in [2.24, 2.45) is 0 Å². The van der Waals surface area contributed by atoms with Crippen LogP contribution in [-0.4, -0.2) is 50.5 Å². The average Bonchev–Trinajstić information content (AvgIpc) is 3.08. The molecule has 2 atom stereocenters. The fourth-order valence-corrected chi connectivity index (χ4v) is 5.40. The van der Waals surface area contributed by atoms with Crippen LogP contribution in [0.25, 0.3) is 0 Å². The van der Waals surface area contributed by atoms with Gasteiger partial charge in [0.2, 0.25) is 11.8 Å². The van der Waals surface area contributed by atoms with E-state index in [1.807, 2.05) is 6.92 Å². The molecule has 0 spiro atoms. The molecule has 1 aromatic rings. The van der Waals surface area contributed by atoms with Crippen molar-refractivity contribution in [3.05, 3.63) is 18.2 Å². The number of carbonyl (C=O) groups is 2. The normalized spacial score (nSPS) is 22.6. The van der Waals surface area contributed by atoms with Crippen LogP contribution in [0.15, 0.2) is 28.0 Å². The van der Waals surface area contributed by atoms with E-state index in [0.29, 0.717) is 25.3 Å². The summed E-state index contributed by atoms with van der Waals surface area (Å²) in [4.78, 5) is 24.8. The zero-order chi connectivity index (χ0) is 19.4. The van der Waals surface area contributed by atoms with E-state index in [-0.39, 0.29) is 40.2 Å². The van der Waals surface area contributed by atoms with Gasteiger partial charge >= 0.3 is 0 Å². The predicted octanol–water partition coefficient (Wildman–Crippen LogP) is 1.97. The molecule has 0 aliphatic carbocycles. The quantitative estimate of drug-likeness (QED) is 0.741. The molecule has 0 aromatic heterocycles. The number of thioether (sulfide) groups is 1. The Hall–Kier alpha value is -1.58. The van der Waals surface area contributed by atoms with Crippen molar-refractivity contribution in [3.63, 3.8) is 0 Å². The number of rotatable bonds is 6. The Balaban J connectivity index is 1.61. The number of amides is 2. The van der Waals surface area contributed by atoms with Crippen molar-refractivity contribution in [2.75, 3.05) is 24.2 Å². The number of hydrogen-bond donors (Lipinski definition) is 2. The number of benzene rings is 1. The van der Waals surface area contributed by atoms with Crippen LogP contribution in [0.2, 0.25) is 0 Å². The Morgan fingerprint density at radius 3 is 2.96 bits per heavy atom. The van der Waals surface area contributed by atoms with Crippen LogP contribution >= 0.6 is 11.8 Å². The van der Waals surface area contributed by atoms with Gasteiger partial charge in [-0.1, -0.05) is 6.92 Å². The predicted molar refractivity (Wildman–Crippen MR) is 104 cm³/mol. The number of fused-ring (bicyclic) bond motifs is 1. The van der Waals surface area contributed by atoms with Crippen LogP contribution in [0, 0.1) is 0 Å². The maximum absolute atomic E-state index is 12.6. The van der Waals surface area contributed by atoms with Crippen molar-refractivity contribution >= 4 is 39.1 Å². The van der Waals surface area contributed by atoms with E-state index in [0.717, 1.165) is 17.7 Å². The molecule has 9 heteroatoms. The molecule has 148 valence electrons. The average molecular weight is 413 g/mol. The molecule has 1 aromatic carbocycles. The van der Waals surface area contributed by atoms with Gasteiger partial charge in [0.25, 0.3) is 0 Å². The lowest BCUT2D eigenvalue weighted by Gasteiger charge is -2.12. The summed E-state index contributed by atoms with van der Waals surface area (Å²) in [6, 6.07) is 4.74. The minimum Gasteiger partial charge on any atom is -0.376 e. The molecular formula is C18H24N2O5S2. The molecule has 1 saturated heterocycles. The van der Waals surface area contributed by atoms with Crippen LogP contribution in [0.1, 0.15) is 32.6 Å². The molecule has 27 heavy (non-hydrogen) atoms. The number of sulfone groups is 1. The van der Waals surface area contributed by atoms with Gasteiger partial charge in [-0.15, -0.1) is 11.8 Å². The van der Waals surface area contributed by atoms with E-state index in [1.165, 1.54) is 23.9 Å². The second-order valence-corrected chi connectivity index (χ2v) is 10.4. The topological polar surface area (TPSA) is 102 Å². The molecular weight excluding hydrogens is 388 g/mol. The summed E-state index contributed by atoms with van der Waals surface area (Å²) in [5, 5.41) is 5.62. The Kier molecular flexibility index (Phi) is 6.44. The van der Waals surface area contributed by atoms with Crippen molar-refractivity contribution in [2.45, 2.75) is 53.8 Å². The molecule has 0 bridgehead atoms. The monoisotopic (exact) mass is 412 g/mol. The summed E-state index contributed by atoms with van der Waals surface area (Å²) < 4.78 is 30.6. The number of anilines is 1. The number of nitrogens with one attached hydrogen (secondary N) is 2. The van der Waals surface area contributed by atoms with Crippen molar-refractivity contribution in [3.8, 4) is 0 Å². The SMILES string of the molecule is C[C@H]1CC(=O)Nc2cc(S(=O)(=O)CCC(=O)NC[C@H]3CCCO3)ccc2S1. The first-order valence-corrected chi connectivity index (χ1v) is 11.6. The smallest absolute Gasteiger partial charge is 0.225 e. The fraction of sp³-hybridized carbons (Fsp3) is 0.556. The summed E-state index contributed by atoms with van der Waals surface area (Å²) in [6.45, 7) is 3.08.